The molecule has 110 valence electrons. The summed E-state index contributed by atoms with van der Waals surface area (Å²) < 4.78 is 0. The largest absolute Gasteiger partial charge is 0.310 e. The summed E-state index contributed by atoms with van der Waals surface area (Å²) in [4.78, 5) is 26.3. The minimum atomic E-state index is -0.121. The molecule has 5 nitrogen and oxygen atoms in total. The van der Waals surface area contributed by atoms with Crippen molar-refractivity contribution in [1.29, 1.82) is 0 Å². The lowest BCUT2D eigenvalue weighted by atomic mass is 9.95. The number of H-pyrrole nitrogens is 1. The van der Waals surface area contributed by atoms with Crippen molar-refractivity contribution >= 4 is 22.5 Å². The van der Waals surface area contributed by atoms with E-state index in [1.165, 1.54) is 12.8 Å². The Kier molecular flexibility index (Phi) is 3.19. The van der Waals surface area contributed by atoms with E-state index in [1.54, 1.807) is 12.3 Å². The van der Waals surface area contributed by atoms with Crippen molar-refractivity contribution in [2.24, 2.45) is 0 Å². The molecule has 0 amide bonds. The first-order chi connectivity index (χ1) is 10.2. The maximum absolute atomic E-state index is 12.2. The lowest BCUT2D eigenvalue weighted by Crippen LogP contribution is -2.35. The van der Waals surface area contributed by atoms with E-state index in [4.69, 9.17) is 11.6 Å². The van der Waals surface area contributed by atoms with Gasteiger partial charge in [-0.3, -0.25) is 4.79 Å². The molecule has 21 heavy (non-hydrogen) atoms. The predicted octanol–water partition coefficient (Wildman–Crippen LogP) is 2.31. The van der Waals surface area contributed by atoms with Gasteiger partial charge in [0.2, 0.25) is 0 Å². The average molecular weight is 305 g/mol. The van der Waals surface area contributed by atoms with Crippen LogP contribution in [-0.4, -0.2) is 39.0 Å². The van der Waals surface area contributed by atoms with Gasteiger partial charge in [0.15, 0.2) is 0 Å². The van der Waals surface area contributed by atoms with Gasteiger partial charge >= 0.3 is 0 Å². The number of hydrogen-bond donors (Lipinski definition) is 1. The molecule has 1 aliphatic carbocycles. The quantitative estimate of drug-likeness (QED) is 0.865. The fourth-order valence-electron chi connectivity index (χ4n) is 3.21. The normalized spacial score (nSPS) is 21.0. The van der Waals surface area contributed by atoms with E-state index >= 15 is 0 Å². The Labute approximate surface area is 127 Å². The van der Waals surface area contributed by atoms with E-state index in [1.807, 2.05) is 0 Å². The summed E-state index contributed by atoms with van der Waals surface area (Å²) in [5.41, 5.74) is 0.506. The Hall–Kier alpha value is -1.46. The fourth-order valence-corrected chi connectivity index (χ4v) is 3.36. The van der Waals surface area contributed by atoms with E-state index in [9.17, 15) is 4.79 Å². The minimum absolute atomic E-state index is 0.121. The Bertz CT molecular complexity index is 732. The van der Waals surface area contributed by atoms with Crippen molar-refractivity contribution < 1.29 is 0 Å². The summed E-state index contributed by atoms with van der Waals surface area (Å²) >= 11 is 5.83. The van der Waals surface area contributed by atoms with Crippen molar-refractivity contribution in [3.05, 3.63) is 33.6 Å². The molecule has 6 heteroatoms. The smallest absolute Gasteiger partial charge is 0.258 e. The number of aromatic amines is 1. The lowest BCUT2D eigenvalue weighted by Gasteiger charge is -2.31. The van der Waals surface area contributed by atoms with Crippen LogP contribution < -0.4 is 5.56 Å². The van der Waals surface area contributed by atoms with Crippen molar-refractivity contribution in [3.8, 4) is 0 Å². The highest BCUT2D eigenvalue weighted by Crippen LogP contribution is 2.33. The Morgan fingerprint density at radius 3 is 2.71 bits per heavy atom. The molecule has 0 atom stereocenters. The first kappa shape index (κ1) is 13.2. The second-order valence-corrected chi connectivity index (χ2v) is 6.40. The molecule has 2 aromatic rings. The summed E-state index contributed by atoms with van der Waals surface area (Å²) in [6, 6.07) is 2.39. The SMILES string of the molecule is O=c1[nH]c(C2CCN(C3CC3)CC2)nc2cnc(Cl)cc12. The molecule has 2 aromatic heterocycles. The van der Waals surface area contributed by atoms with Crippen LogP contribution in [0.2, 0.25) is 5.15 Å². The molecule has 1 saturated heterocycles. The average Bonchev–Trinajstić information content (AvgIpc) is 3.33. The van der Waals surface area contributed by atoms with Gasteiger partial charge in [0, 0.05) is 12.0 Å². The Morgan fingerprint density at radius 2 is 2.00 bits per heavy atom. The molecule has 0 aromatic carbocycles. The molecule has 0 radical (unpaired) electrons. The molecule has 1 aliphatic heterocycles. The summed E-state index contributed by atoms with van der Waals surface area (Å²) in [5.74, 6) is 1.14. The van der Waals surface area contributed by atoms with Gasteiger partial charge in [0.05, 0.1) is 17.1 Å². The molecule has 0 bridgehead atoms. The van der Waals surface area contributed by atoms with Crippen molar-refractivity contribution in [3.63, 3.8) is 0 Å². The van der Waals surface area contributed by atoms with Gasteiger partial charge in [-0.2, -0.15) is 0 Å². The van der Waals surface area contributed by atoms with E-state index in [0.717, 1.165) is 37.8 Å². The number of nitrogens with zero attached hydrogens (tertiary/aromatic N) is 3. The number of hydrogen-bond acceptors (Lipinski definition) is 4. The highest BCUT2D eigenvalue weighted by molar-refractivity contribution is 6.30. The predicted molar refractivity (Wildman–Crippen MR) is 81.7 cm³/mol. The third kappa shape index (κ3) is 2.56. The second-order valence-electron chi connectivity index (χ2n) is 6.02. The maximum Gasteiger partial charge on any atom is 0.258 e. The Balaban J connectivity index is 1.62. The first-order valence-corrected chi connectivity index (χ1v) is 7.88. The molecule has 0 spiro atoms. The summed E-state index contributed by atoms with van der Waals surface area (Å²) in [7, 11) is 0. The maximum atomic E-state index is 12.2. The number of pyridine rings is 1. The van der Waals surface area contributed by atoms with Gasteiger partial charge in [-0.25, -0.2) is 9.97 Å². The second kappa shape index (κ2) is 5.07. The topological polar surface area (TPSA) is 61.9 Å². The summed E-state index contributed by atoms with van der Waals surface area (Å²) in [6.07, 6.45) is 6.40. The van der Waals surface area contributed by atoms with Crippen LogP contribution in [0, 0.1) is 0 Å². The number of aromatic nitrogens is 3. The van der Waals surface area contributed by atoms with Crippen LogP contribution >= 0.6 is 11.6 Å². The van der Waals surface area contributed by atoms with Crippen LogP contribution in [0.15, 0.2) is 17.1 Å². The van der Waals surface area contributed by atoms with Crippen LogP contribution in [0.1, 0.15) is 37.4 Å². The molecular weight excluding hydrogens is 288 g/mol. The highest BCUT2D eigenvalue weighted by Gasteiger charge is 2.32. The number of piperidine rings is 1. The molecule has 0 unspecified atom stereocenters. The van der Waals surface area contributed by atoms with E-state index < -0.39 is 0 Å². The lowest BCUT2D eigenvalue weighted by molar-refractivity contribution is 0.200. The van der Waals surface area contributed by atoms with Gasteiger partial charge < -0.3 is 9.88 Å². The number of rotatable bonds is 2. The first-order valence-electron chi connectivity index (χ1n) is 7.50. The zero-order chi connectivity index (χ0) is 14.4. The van der Waals surface area contributed by atoms with Crippen molar-refractivity contribution in [2.75, 3.05) is 13.1 Å². The summed E-state index contributed by atoms with van der Waals surface area (Å²) in [6.45, 7) is 2.21. The molecule has 2 fully saturated rings. The van der Waals surface area contributed by atoms with Gasteiger partial charge in [0.1, 0.15) is 11.0 Å². The molecule has 3 heterocycles. The third-order valence-electron chi connectivity index (χ3n) is 4.56. The van der Waals surface area contributed by atoms with E-state index in [2.05, 4.69) is 19.9 Å². The van der Waals surface area contributed by atoms with E-state index in [0.29, 0.717) is 22.0 Å². The highest BCUT2D eigenvalue weighted by atomic mass is 35.5. The van der Waals surface area contributed by atoms with Crippen LogP contribution in [-0.2, 0) is 0 Å². The Morgan fingerprint density at radius 1 is 1.24 bits per heavy atom. The van der Waals surface area contributed by atoms with Gasteiger partial charge in [-0.1, -0.05) is 11.6 Å². The molecule has 1 saturated carbocycles. The number of likely N-dealkylation sites (tertiary alicyclic amines) is 1. The van der Waals surface area contributed by atoms with Crippen LogP contribution in [0.25, 0.3) is 10.9 Å². The summed E-state index contributed by atoms with van der Waals surface area (Å²) in [5, 5.41) is 0.828. The monoisotopic (exact) mass is 304 g/mol. The van der Waals surface area contributed by atoms with Gasteiger partial charge in [-0.15, -0.1) is 0 Å². The zero-order valence-corrected chi connectivity index (χ0v) is 12.4. The molecule has 1 N–H and O–H groups in total. The number of halogens is 1. The van der Waals surface area contributed by atoms with Gasteiger partial charge in [0.25, 0.3) is 5.56 Å². The fraction of sp³-hybridized carbons (Fsp3) is 0.533. The van der Waals surface area contributed by atoms with Crippen molar-refractivity contribution in [1.82, 2.24) is 19.9 Å². The molecule has 4 rings (SSSR count). The van der Waals surface area contributed by atoms with E-state index in [-0.39, 0.29) is 5.56 Å². The van der Waals surface area contributed by atoms with Crippen LogP contribution in [0.5, 0.6) is 0 Å². The van der Waals surface area contributed by atoms with Gasteiger partial charge in [-0.05, 0) is 44.8 Å². The number of fused-ring (bicyclic) bond motifs is 1. The minimum Gasteiger partial charge on any atom is -0.310 e. The molecular formula is C15H17ClN4O. The van der Waals surface area contributed by atoms with Crippen LogP contribution in [0.3, 0.4) is 0 Å². The van der Waals surface area contributed by atoms with Crippen LogP contribution in [0.4, 0.5) is 0 Å². The number of nitrogens with one attached hydrogen (secondary N) is 1. The third-order valence-corrected chi connectivity index (χ3v) is 4.76. The zero-order valence-electron chi connectivity index (χ0n) is 11.7. The standard InChI is InChI=1S/C15H17ClN4O/c16-13-7-11-12(8-17-13)18-14(19-15(11)21)9-3-5-20(6-4-9)10-1-2-10/h7-10H,1-6H2,(H,18,19,21). The van der Waals surface area contributed by atoms with Crippen molar-refractivity contribution in [2.45, 2.75) is 37.6 Å². The molecule has 2 aliphatic rings.